The number of benzene rings is 2. The van der Waals surface area contributed by atoms with Crippen molar-refractivity contribution in [2.75, 3.05) is 10.6 Å². The predicted octanol–water partition coefficient (Wildman–Crippen LogP) is 6.46. The molecule has 0 aromatic heterocycles. The lowest BCUT2D eigenvalue weighted by Gasteiger charge is -2.15. The first-order valence-corrected chi connectivity index (χ1v) is 7.85. The van der Waals surface area contributed by atoms with Gasteiger partial charge in [0.15, 0.2) is 0 Å². The monoisotopic (exact) mass is 396 g/mol. The topological polar surface area (TPSA) is 41.1 Å². The maximum Gasteiger partial charge on any atom is 0.323 e. The Kier molecular flexibility index (Phi) is 5.70. The van der Waals surface area contributed by atoms with Crippen molar-refractivity contribution in [3.8, 4) is 0 Å². The molecule has 0 unspecified atom stereocenters. The van der Waals surface area contributed by atoms with Gasteiger partial charge in [-0.3, -0.25) is 0 Å². The van der Waals surface area contributed by atoms with Crippen LogP contribution in [0.1, 0.15) is 5.56 Å². The van der Waals surface area contributed by atoms with E-state index in [1.165, 1.54) is 12.1 Å². The van der Waals surface area contributed by atoms with Crippen molar-refractivity contribution in [2.45, 2.75) is 3.79 Å². The fourth-order valence-corrected chi connectivity index (χ4v) is 2.65. The van der Waals surface area contributed by atoms with Crippen LogP contribution >= 0.6 is 58.0 Å². The molecule has 0 spiro atoms. The minimum Gasteiger partial charge on any atom is -0.308 e. The number of urea groups is 1. The summed E-state index contributed by atoms with van der Waals surface area (Å²) in [5, 5.41) is 6.15. The molecule has 0 saturated heterocycles. The van der Waals surface area contributed by atoms with Gasteiger partial charge in [-0.2, -0.15) is 0 Å². The number of halogens is 5. The molecule has 2 aromatic carbocycles. The molecule has 116 valence electrons. The maximum atomic E-state index is 11.9. The highest BCUT2D eigenvalue weighted by atomic mass is 35.6. The Morgan fingerprint density at radius 1 is 0.864 bits per heavy atom. The number of amides is 2. The molecule has 2 rings (SSSR count). The van der Waals surface area contributed by atoms with Gasteiger partial charge in [-0.05, 0) is 42.5 Å². The molecule has 2 aromatic rings. The number of carbonyl (C=O) groups is 1. The van der Waals surface area contributed by atoms with Crippen LogP contribution < -0.4 is 10.6 Å². The molecule has 22 heavy (non-hydrogen) atoms. The van der Waals surface area contributed by atoms with Crippen LogP contribution in [0.15, 0.2) is 42.5 Å². The molecule has 0 aliphatic heterocycles. The highest BCUT2D eigenvalue weighted by Crippen LogP contribution is 2.42. The van der Waals surface area contributed by atoms with E-state index in [0.29, 0.717) is 21.4 Å². The van der Waals surface area contributed by atoms with E-state index < -0.39 is 9.82 Å². The van der Waals surface area contributed by atoms with Crippen molar-refractivity contribution >= 4 is 75.4 Å². The molecule has 0 fully saturated rings. The van der Waals surface area contributed by atoms with Crippen LogP contribution in [-0.2, 0) is 3.79 Å². The normalized spacial score (nSPS) is 11.1. The van der Waals surface area contributed by atoms with Gasteiger partial charge in [0.05, 0.1) is 0 Å². The zero-order valence-electron chi connectivity index (χ0n) is 10.8. The van der Waals surface area contributed by atoms with Crippen molar-refractivity contribution in [3.63, 3.8) is 0 Å². The summed E-state index contributed by atoms with van der Waals surface area (Å²) >= 11 is 29.2. The summed E-state index contributed by atoms with van der Waals surface area (Å²) in [5.74, 6) is 0. The maximum absolute atomic E-state index is 11.9. The number of nitrogens with one attached hydrogen (secondary N) is 2. The quantitative estimate of drug-likeness (QED) is 0.560. The number of rotatable bonds is 2. The van der Waals surface area contributed by atoms with Crippen LogP contribution in [0.25, 0.3) is 0 Å². The summed E-state index contributed by atoms with van der Waals surface area (Å²) in [6.07, 6.45) is 0. The van der Waals surface area contributed by atoms with Crippen LogP contribution in [0.5, 0.6) is 0 Å². The molecule has 0 atom stereocenters. The molecule has 0 aliphatic carbocycles. The fraction of sp³-hybridized carbons (Fsp3) is 0.0714. The lowest BCUT2D eigenvalue weighted by molar-refractivity contribution is 0.262. The second-order valence-electron chi connectivity index (χ2n) is 4.28. The minimum atomic E-state index is -1.68. The van der Waals surface area contributed by atoms with Crippen LogP contribution in [-0.4, -0.2) is 6.03 Å². The van der Waals surface area contributed by atoms with Crippen molar-refractivity contribution in [1.29, 1.82) is 0 Å². The standard InChI is InChI=1S/C14H9Cl5N2O/c15-8-1-3-9(4-2-8)20-13(22)21-10-5-6-12(16)11(7-10)14(17,18)19/h1-7H,(H2,20,21,22). The van der Waals surface area contributed by atoms with Gasteiger partial charge in [0.1, 0.15) is 0 Å². The Labute approximate surface area is 152 Å². The average Bonchev–Trinajstić information content (AvgIpc) is 2.42. The van der Waals surface area contributed by atoms with E-state index in [2.05, 4.69) is 10.6 Å². The number of hydrogen-bond donors (Lipinski definition) is 2. The third-order valence-electron chi connectivity index (χ3n) is 2.63. The molecule has 2 N–H and O–H groups in total. The van der Waals surface area contributed by atoms with Crippen LogP contribution in [0, 0.1) is 0 Å². The molecule has 0 aliphatic rings. The van der Waals surface area contributed by atoms with E-state index in [-0.39, 0.29) is 5.56 Å². The minimum absolute atomic E-state index is 0.281. The van der Waals surface area contributed by atoms with Gasteiger partial charge in [0.25, 0.3) is 0 Å². The van der Waals surface area contributed by atoms with Gasteiger partial charge in [-0.15, -0.1) is 0 Å². The second kappa shape index (κ2) is 7.16. The number of hydrogen-bond acceptors (Lipinski definition) is 1. The number of alkyl halides is 3. The highest BCUT2D eigenvalue weighted by molar-refractivity contribution is 6.67. The van der Waals surface area contributed by atoms with Crippen LogP contribution in [0.4, 0.5) is 16.2 Å². The summed E-state index contributed by atoms with van der Waals surface area (Å²) < 4.78 is -1.68. The first-order chi connectivity index (χ1) is 10.3. The molecular weight excluding hydrogens is 389 g/mol. The largest absolute Gasteiger partial charge is 0.323 e. The van der Waals surface area contributed by atoms with Gasteiger partial charge >= 0.3 is 6.03 Å². The third kappa shape index (κ3) is 4.83. The van der Waals surface area contributed by atoms with E-state index in [1.807, 2.05) is 0 Å². The zero-order valence-corrected chi connectivity index (χ0v) is 14.6. The SMILES string of the molecule is O=C(Nc1ccc(Cl)cc1)Nc1ccc(Cl)c(C(Cl)(Cl)Cl)c1. The Morgan fingerprint density at radius 2 is 1.41 bits per heavy atom. The van der Waals surface area contributed by atoms with Gasteiger partial charge in [0, 0.05) is 27.0 Å². The zero-order chi connectivity index (χ0) is 16.3. The second-order valence-corrected chi connectivity index (χ2v) is 7.40. The Bertz CT molecular complexity index is 683. The Balaban J connectivity index is 2.10. The van der Waals surface area contributed by atoms with Crippen molar-refractivity contribution in [1.82, 2.24) is 0 Å². The van der Waals surface area contributed by atoms with E-state index in [4.69, 9.17) is 58.0 Å². The molecule has 2 amide bonds. The Hall–Kier alpha value is -0.840. The smallest absolute Gasteiger partial charge is 0.308 e. The molecular formula is C14H9Cl5N2O. The predicted molar refractivity (Wildman–Crippen MR) is 94.8 cm³/mol. The van der Waals surface area contributed by atoms with Crippen molar-refractivity contribution in [2.24, 2.45) is 0 Å². The fourth-order valence-electron chi connectivity index (χ4n) is 1.65. The molecule has 8 heteroatoms. The van der Waals surface area contributed by atoms with Crippen molar-refractivity contribution in [3.05, 3.63) is 58.1 Å². The first kappa shape index (κ1) is 17.5. The number of anilines is 2. The van der Waals surface area contributed by atoms with E-state index in [1.54, 1.807) is 30.3 Å². The third-order valence-corrected chi connectivity index (χ3v) is 3.82. The molecule has 0 radical (unpaired) electrons. The molecule has 0 heterocycles. The summed E-state index contributed by atoms with van der Waals surface area (Å²) in [5.41, 5.74) is 1.32. The summed E-state index contributed by atoms with van der Waals surface area (Å²) in [7, 11) is 0. The van der Waals surface area contributed by atoms with Gasteiger partial charge in [-0.25, -0.2) is 4.79 Å². The highest BCUT2D eigenvalue weighted by Gasteiger charge is 2.26. The summed E-state index contributed by atoms with van der Waals surface area (Å²) in [6.45, 7) is 0. The molecule has 3 nitrogen and oxygen atoms in total. The average molecular weight is 399 g/mol. The van der Waals surface area contributed by atoms with Gasteiger partial charge in [-0.1, -0.05) is 58.0 Å². The van der Waals surface area contributed by atoms with E-state index in [0.717, 1.165) is 0 Å². The Morgan fingerprint density at radius 3 is 2.00 bits per heavy atom. The number of carbonyl (C=O) groups excluding carboxylic acids is 1. The summed E-state index contributed by atoms with van der Waals surface area (Å²) in [4.78, 5) is 11.9. The van der Waals surface area contributed by atoms with Gasteiger partial charge < -0.3 is 10.6 Å². The van der Waals surface area contributed by atoms with Gasteiger partial charge in [0.2, 0.25) is 3.79 Å². The van der Waals surface area contributed by atoms with Crippen molar-refractivity contribution < 1.29 is 4.79 Å². The van der Waals surface area contributed by atoms with Crippen LogP contribution in [0.2, 0.25) is 10.0 Å². The summed E-state index contributed by atoms with van der Waals surface area (Å²) in [6, 6.07) is 10.9. The molecule has 0 bridgehead atoms. The van der Waals surface area contributed by atoms with E-state index in [9.17, 15) is 4.79 Å². The lowest BCUT2D eigenvalue weighted by Crippen LogP contribution is -2.19. The van der Waals surface area contributed by atoms with E-state index >= 15 is 0 Å². The van der Waals surface area contributed by atoms with Crippen LogP contribution in [0.3, 0.4) is 0 Å². The molecule has 0 saturated carbocycles. The lowest BCUT2D eigenvalue weighted by atomic mass is 10.2. The first-order valence-electron chi connectivity index (χ1n) is 5.96.